The third kappa shape index (κ3) is 4.10. The van der Waals surface area contributed by atoms with Crippen LogP contribution in [0.3, 0.4) is 0 Å². The van der Waals surface area contributed by atoms with E-state index in [1.54, 1.807) is 0 Å². The SMILES string of the molecule is CCCN(CCC)C(=O)c1nc(C2CCCN2Cc2ccccn2)n2ccccc12. The number of nitrogens with zero attached hydrogens (tertiary/aromatic N) is 5. The summed E-state index contributed by atoms with van der Waals surface area (Å²) in [6, 6.07) is 12.3. The molecular formula is C24H31N5O. The van der Waals surface area contributed by atoms with E-state index in [0.29, 0.717) is 5.69 Å². The minimum absolute atomic E-state index is 0.0444. The number of rotatable bonds is 8. The molecule has 0 N–H and O–H groups in total. The van der Waals surface area contributed by atoms with E-state index < -0.39 is 0 Å². The first-order valence-corrected chi connectivity index (χ1v) is 11.1. The Bertz CT molecular complexity index is 978. The van der Waals surface area contributed by atoms with Crippen molar-refractivity contribution in [3.63, 3.8) is 0 Å². The second-order valence-electron chi connectivity index (χ2n) is 8.02. The van der Waals surface area contributed by atoms with Crippen molar-refractivity contribution in [1.29, 1.82) is 0 Å². The molecule has 0 spiro atoms. The summed E-state index contributed by atoms with van der Waals surface area (Å²) in [6.45, 7) is 7.58. The zero-order chi connectivity index (χ0) is 20.9. The van der Waals surface area contributed by atoms with Crippen LogP contribution >= 0.6 is 0 Å². The Kier molecular flexibility index (Phi) is 6.43. The Hall–Kier alpha value is -2.73. The van der Waals surface area contributed by atoms with Crippen LogP contribution in [-0.2, 0) is 6.54 Å². The number of aromatic nitrogens is 3. The molecule has 4 heterocycles. The quantitative estimate of drug-likeness (QED) is 0.560. The van der Waals surface area contributed by atoms with Crippen LogP contribution in [0.5, 0.6) is 0 Å². The van der Waals surface area contributed by atoms with Gasteiger partial charge in [-0.3, -0.25) is 14.7 Å². The normalized spacial score (nSPS) is 16.9. The maximum Gasteiger partial charge on any atom is 0.274 e. The van der Waals surface area contributed by atoms with Crippen molar-refractivity contribution in [2.45, 2.75) is 52.1 Å². The van der Waals surface area contributed by atoms with Gasteiger partial charge in [0.05, 0.1) is 17.3 Å². The molecule has 6 nitrogen and oxygen atoms in total. The van der Waals surface area contributed by atoms with E-state index in [1.807, 2.05) is 47.6 Å². The van der Waals surface area contributed by atoms with E-state index in [9.17, 15) is 4.79 Å². The molecule has 1 aliphatic heterocycles. The number of carbonyl (C=O) groups is 1. The fraction of sp³-hybridized carbons (Fsp3) is 0.458. The summed E-state index contributed by atoms with van der Waals surface area (Å²) in [7, 11) is 0. The van der Waals surface area contributed by atoms with Crippen molar-refractivity contribution >= 4 is 11.4 Å². The maximum absolute atomic E-state index is 13.4. The molecule has 0 aliphatic carbocycles. The summed E-state index contributed by atoms with van der Waals surface area (Å²) >= 11 is 0. The van der Waals surface area contributed by atoms with Crippen molar-refractivity contribution in [1.82, 2.24) is 24.2 Å². The molecule has 1 unspecified atom stereocenters. The number of carbonyl (C=O) groups excluding carboxylic acids is 1. The van der Waals surface area contributed by atoms with E-state index in [0.717, 1.165) is 68.9 Å². The number of amides is 1. The fourth-order valence-electron chi connectivity index (χ4n) is 4.47. The molecule has 158 valence electrons. The zero-order valence-electron chi connectivity index (χ0n) is 18.0. The highest BCUT2D eigenvalue weighted by atomic mass is 16.2. The second-order valence-corrected chi connectivity index (χ2v) is 8.02. The lowest BCUT2D eigenvalue weighted by molar-refractivity contribution is 0.0752. The summed E-state index contributed by atoms with van der Waals surface area (Å²) in [5.41, 5.74) is 2.55. The van der Waals surface area contributed by atoms with Crippen molar-refractivity contribution in [3.8, 4) is 0 Å². The van der Waals surface area contributed by atoms with E-state index in [2.05, 4.69) is 34.2 Å². The number of hydrogen-bond donors (Lipinski definition) is 0. The predicted octanol–water partition coefficient (Wildman–Crippen LogP) is 4.33. The smallest absolute Gasteiger partial charge is 0.274 e. The molecule has 0 bridgehead atoms. The summed E-state index contributed by atoms with van der Waals surface area (Å²) < 4.78 is 2.12. The topological polar surface area (TPSA) is 53.7 Å². The molecule has 1 amide bonds. The van der Waals surface area contributed by atoms with E-state index >= 15 is 0 Å². The van der Waals surface area contributed by atoms with Crippen molar-refractivity contribution < 1.29 is 4.79 Å². The molecule has 6 heteroatoms. The van der Waals surface area contributed by atoms with Crippen LogP contribution in [0, 0.1) is 0 Å². The molecule has 1 fully saturated rings. The predicted molar refractivity (Wildman–Crippen MR) is 118 cm³/mol. The maximum atomic E-state index is 13.4. The van der Waals surface area contributed by atoms with Crippen molar-refractivity contribution in [2.24, 2.45) is 0 Å². The monoisotopic (exact) mass is 405 g/mol. The van der Waals surface area contributed by atoms with Crippen LogP contribution in [0.15, 0.2) is 48.8 Å². The van der Waals surface area contributed by atoms with Gasteiger partial charge in [-0.05, 0) is 56.5 Å². The van der Waals surface area contributed by atoms with Crippen LogP contribution in [0.1, 0.15) is 67.6 Å². The first kappa shape index (κ1) is 20.5. The lowest BCUT2D eigenvalue weighted by Gasteiger charge is -2.23. The van der Waals surface area contributed by atoms with Gasteiger partial charge in [-0.2, -0.15) is 0 Å². The first-order valence-electron chi connectivity index (χ1n) is 11.1. The van der Waals surface area contributed by atoms with Gasteiger partial charge in [-0.15, -0.1) is 0 Å². The van der Waals surface area contributed by atoms with E-state index in [4.69, 9.17) is 4.98 Å². The molecule has 0 aromatic carbocycles. The molecule has 1 aliphatic rings. The number of imidazole rings is 1. The minimum atomic E-state index is 0.0444. The van der Waals surface area contributed by atoms with Crippen LogP contribution in [-0.4, -0.2) is 49.7 Å². The Morgan fingerprint density at radius 3 is 2.67 bits per heavy atom. The Labute approximate surface area is 178 Å². The number of fused-ring (bicyclic) bond motifs is 1. The highest BCUT2D eigenvalue weighted by molar-refractivity contribution is 5.99. The van der Waals surface area contributed by atoms with Gasteiger partial charge in [-0.1, -0.05) is 26.0 Å². The molecule has 3 aromatic rings. The molecule has 0 radical (unpaired) electrons. The first-order chi connectivity index (χ1) is 14.7. The summed E-state index contributed by atoms with van der Waals surface area (Å²) in [5.74, 6) is 1.01. The Morgan fingerprint density at radius 1 is 1.13 bits per heavy atom. The molecule has 1 saturated heterocycles. The molecule has 4 rings (SSSR count). The van der Waals surface area contributed by atoms with Gasteiger partial charge in [0.1, 0.15) is 5.82 Å². The lowest BCUT2D eigenvalue weighted by Crippen LogP contribution is -2.33. The Balaban J connectivity index is 1.68. The molecule has 1 atom stereocenters. The number of hydrogen-bond acceptors (Lipinski definition) is 4. The highest BCUT2D eigenvalue weighted by Gasteiger charge is 2.32. The third-order valence-corrected chi connectivity index (χ3v) is 5.81. The van der Waals surface area contributed by atoms with E-state index in [-0.39, 0.29) is 11.9 Å². The summed E-state index contributed by atoms with van der Waals surface area (Å²) in [6.07, 6.45) is 7.95. The fourth-order valence-corrected chi connectivity index (χ4v) is 4.47. The molecular weight excluding hydrogens is 374 g/mol. The van der Waals surface area contributed by atoms with Gasteiger partial charge in [-0.25, -0.2) is 4.98 Å². The molecule has 30 heavy (non-hydrogen) atoms. The van der Waals surface area contributed by atoms with Crippen LogP contribution < -0.4 is 0 Å². The Morgan fingerprint density at radius 2 is 1.93 bits per heavy atom. The summed E-state index contributed by atoms with van der Waals surface area (Å²) in [5, 5.41) is 0. The molecule has 3 aromatic heterocycles. The standard InChI is InChI=1S/C24H31N5O/c1-3-14-27(15-4-2)24(30)22-20-11-6-8-17-29(20)23(26-22)21-12-9-16-28(21)18-19-10-5-7-13-25-19/h5-8,10-11,13,17,21H,3-4,9,12,14-16,18H2,1-2H3. The zero-order valence-corrected chi connectivity index (χ0v) is 18.0. The summed E-state index contributed by atoms with van der Waals surface area (Å²) in [4.78, 5) is 27.2. The van der Waals surface area contributed by atoms with Gasteiger partial charge in [0.15, 0.2) is 5.69 Å². The highest BCUT2D eigenvalue weighted by Crippen LogP contribution is 2.33. The molecule has 0 saturated carbocycles. The average molecular weight is 406 g/mol. The van der Waals surface area contributed by atoms with Crippen LogP contribution in [0.4, 0.5) is 0 Å². The second kappa shape index (κ2) is 9.39. The largest absolute Gasteiger partial charge is 0.337 e. The number of likely N-dealkylation sites (tertiary alicyclic amines) is 1. The van der Waals surface area contributed by atoms with Gasteiger partial charge in [0.25, 0.3) is 5.91 Å². The van der Waals surface area contributed by atoms with Gasteiger partial charge < -0.3 is 9.30 Å². The van der Waals surface area contributed by atoms with Crippen molar-refractivity contribution in [2.75, 3.05) is 19.6 Å². The average Bonchev–Trinajstić information content (AvgIpc) is 3.38. The van der Waals surface area contributed by atoms with Gasteiger partial charge in [0, 0.05) is 32.0 Å². The number of pyridine rings is 2. The van der Waals surface area contributed by atoms with Crippen LogP contribution in [0.25, 0.3) is 5.52 Å². The lowest BCUT2D eigenvalue weighted by atomic mass is 10.2. The van der Waals surface area contributed by atoms with Gasteiger partial charge in [0.2, 0.25) is 0 Å². The van der Waals surface area contributed by atoms with Crippen molar-refractivity contribution in [3.05, 3.63) is 66.0 Å². The minimum Gasteiger partial charge on any atom is -0.337 e. The van der Waals surface area contributed by atoms with E-state index in [1.165, 1.54) is 0 Å². The van der Waals surface area contributed by atoms with Crippen LogP contribution in [0.2, 0.25) is 0 Å². The van der Waals surface area contributed by atoms with Gasteiger partial charge >= 0.3 is 0 Å². The third-order valence-electron chi connectivity index (χ3n) is 5.81.